The number of rotatable bonds is 2. The van der Waals surface area contributed by atoms with Gasteiger partial charge in [-0.25, -0.2) is 0 Å². The van der Waals surface area contributed by atoms with Crippen molar-refractivity contribution in [3.05, 3.63) is 47.2 Å². The molecule has 1 aromatic carbocycles. The topological polar surface area (TPSA) is 39.3 Å². The standard InChI is InChI=1S/C19H24N2O/c1-2-13(12-22)14-7-9-21-10-8-16-15-5-3-4-6-17(15)20-19(16)18(21)11-14/h2-6,14,18,20,22H,7-12H2,1H3/b13-2+/t14-,18+/m1/s1. The van der Waals surface area contributed by atoms with Gasteiger partial charge in [0.1, 0.15) is 0 Å². The van der Waals surface area contributed by atoms with Crippen molar-refractivity contribution in [2.75, 3.05) is 19.7 Å². The van der Waals surface area contributed by atoms with Gasteiger partial charge < -0.3 is 10.1 Å². The minimum Gasteiger partial charge on any atom is -0.392 e. The molecule has 3 heteroatoms. The van der Waals surface area contributed by atoms with Crippen LogP contribution in [0.25, 0.3) is 10.9 Å². The van der Waals surface area contributed by atoms with E-state index in [-0.39, 0.29) is 6.61 Å². The van der Waals surface area contributed by atoms with Crippen LogP contribution in [0.2, 0.25) is 0 Å². The summed E-state index contributed by atoms with van der Waals surface area (Å²) < 4.78 is 0. The Balaban J connectivity index is 1.72. The van der Waals surface area contributed by atoms with Crippen molar-refractivity contribution >= 4 is 10.9 Å². The maximum absolute atomic E-state index is 9.59. The third-order valence-electron chi connectivity index (χ3n) is 5.62. The molecule has 116 valence electrons. The number of hydrogen-bond donors (Lipinski definition) is 2. The zero-order chi connectivity index (χ0) is 15.1. The molecular weight excluding hydrogens is 272 g/mol. The Morgan fingerprint density at radius 1 is 1.36 bits per heavy atom. The smallest absolute Gasteiger partial charge is 0.0644 e. The number of piperidine rings is 1. The van der Waals surface area contributed by atoms with Gasteiger partial charge >= 0.3 is 0 Å². The molecule has 2 aromatic rings. The predicted octanol–water partition coefficient (Wildman–Crippen LogP) is 3.42. The molecule has 0 aliphatic carbocycles. The van der Waals surface area contributed by atoms with Gasteiger partial charge in [0, 0.05) is 23.1 Å². The number of benzene rings is 1. The van der Waals surface area contributed by atoms with Crippen LogP contribution in [0.3, 0.4) is 0 Å². The second-order valence-corrected chi connectivity index (χ2v) is 6.61. The van der Waals surface area contributed by atoms with Crippen LogP contribution in [0.1, 0.15) is 37.1 Å². The molecule has 1 saturated heterocycles. The summed E-state index contributed by atoms with van der Waals surface area (Å²) >= 11 is 0. The number of allylic oxidation sites excluding steroid dienone is 1. The lowest BCUT2D eigenvalue weighted by atomic mass is 9.81. The molecule has 2 N–H and O–H groups in total. The molecule has 2 atom stereocenters. The number of hydrogen-bond acceptors (Lipinski definition) is 2. The van der Waals surface area contributed by atoms with Crippen LogP contribution in [0.5, 0.6) is 0 Å². The van der Waals surface area contributed by atoms with Crippen molar-refractivity contribution in [2.24, 2.45) is 5.92 Å². The van der Waals surface area contributed by atoms with E-state index in [0.29, 0.717) is 12.0 Å². The van der Waals surface area contributed by atoms with Gasteiger partial charge in [0.25, 0.3) is 0 Å². The predicted molar refractivity (Wildman–Crippen MR) is 89.9 cm³/mol. The van der Waals surface area contributed by atoms with Gasteiger partial charge in [-0.1, -0.05) is 24.3 Å². The average molecular weight is 296 g/mol. The zero-order valence-electron chi connectivity index (χ0n) is 13.2. The minimum absolute atomic E-state index is 0.202. The molecule has 0 spiro atoms. The number of fused-ring (bicyclic) bond motifs is 5. The fourth-order valence-corrected chi connectivity index (χ4v) is 4.40. The van der Waals surface area contributed by atoms with Crippen molar-refractivity contribution in [1.82, 2.24) is 9.88 Å². The number of para-hydroxylation sites is 1. The van der Waals surface area contributed by atoms with Crippen LogP contribution in [-0.2, 0) is 6.42 Å². The Bertz CT molecular complexity index is 715. The van der Waals surface area contributed by atoms with E-state index in [1.54, 1.807) is 0 Å². The maximum atomic E-state index is 9.59. The molecule has 3 nitrogen and oxygen atoms in total. The van der Waals surface area contributed by atoms with Crippen molar-refractivity contribution < 1.29 is 5.11 Å². The van der Waals surface area contributed by atoms with Crippen molar-refractivity contribution in [1.29, 1.82) is 0 Å². The van der Waals surface area contributed by atoms with Gasteiger partial charge in [0.05, 0.1) is 12.6 Å². The number of aliphatic hydroxyl groups excluding tert-OH is 1. The lowest BCUT2D eigenvalue weighted by Crippen LogP contribution is -2.41. The van der Waals surface area contributed by atoms with Gasteiger partial charge in [0.2, 0.25) is 0 Å². The normalized spacial score (nSPS) is 26.0. The number of nitrogens with one attached hydrogen (secondary N) is 1. The molecular formula is C19H24N2O. The second-order valence-electron chi connectivity index (χ2n) is 6.61. The number of nitrogens with zero attached hydrogens (tertiary/aromatic N) is 1. The van der Waals surface area contributed by atoms with E-state index in [9.17, 15) is 5.11 Å². The highest BCUT2D eigenvalue weighted by molar-refractivity contribution is 5.85. The molecule has 0 unspecified atom stereocenters. The van der Waals surface area contributed by atoms with Gasteiger partial charge in [-0.3, -0.25) is 4.90 Å². The quantitative estimate of drug-likeness (QED) is 0.834. The van der Waals surface area contributed by atoms with Gasteiger partial charge in [-0.2, -0.15) is 0 Å². The fourth-order valence-electron chi connectivity index (χ4n) is 4.40. The zero-order valence-corrected chi connectivity index (χ0v) is 13.2. The summed E-state index contributed by atoms with van der Waals surface area (Å²) in [7, 11) is 0. The van der Waals surface area contributed by atoms with E-state index in [1.807, 2.05) is 6.92 Å². The van der Waals surface area contributed by atoms with Crippen LogP contribution in [0, 0.1) is 5.92 Å². The summed E-state index contributed by atoms with van der Waals surface area (Å²) in [6, 6.07) is 9.15. The van der Waals surface area contributed by atoms with Crippen LogP contribution in [-0.4, -0.2) is 34.7 Å². The van der Waals surface area contributed by atoms with E-state index < -0.39 is 0 Å². The molecule has 0 radical (unpaired) electrons. The number of aromatic nitrogens is 1. The lowest BCUT2D eigenvalue weighted by molar-refractivity contribution is 0.107. The second kappa shape index (κ2) is 5.56. The Labute approximate surface area is 131 Å². The molecule has 4 rings (SSSR count). The average Bonchev–Trinajstić information content (AvgIpc) is 2.95. The highest BCUT2D eigenvalue weighted by Crippen LogP contribution is 2.42. The number of aromatic amines is 1. The van der Waals surface area contributed by atoms with Crippen molar-refractivity contribution in [3.63, 3.8) is 0 Å². The van der Waals surface area contributed by atoms with E-state index in [0.717, 1.165) is 25.9 Å². The monoisotopic (exact) mass is 296 g/mol. The van der Waals surface area contributed by atoms with Crippen LogP contribution in [0.4, 0.5) is 0 Å². The molecule has 0 amide bonds. The molecule has 0 bridgehead atoms. The first-order chi connectivity index (χ1) is 10.8. The maximum Gasteiger partial charge on any atom is 0.0644 e. The Kier molecular flexibility index (Phi) is 3.55. The third kappa shape index (κ3) is 2.11. The Morgan fingerprint density at radius 3 is 3.05 bits per heavy atom. The summed E-state index contributed by atoms with van der Waals surface area (Å²) in [4.78, 5) is 6.31. The van der Waals surface area contributed by atoms with Crippen LogP contribution < -0.4 is 0 Å². The Hall–Kier alpha value is -1.58. The highest BCUT2D eigenvalue weighted by atomic mass is 16.3. The molecule has 2 aliphatic rings. The molecule has 2 aliphatic heterocycles. The van der Waals surface area contributed by atoms with E-state index >= 15 is 0 Å². The van der Waals surface area contributed by atoms with Crippen molar-refractivity contribution in [2.45, 2.75) is 32.2 Å². The summed E-state index contributed by atoms with van der Waals surface area (Å²) in [6.45, 7) is 4.55. The molecule has 3 heterocycles. The minimum atomic E-state index is 0.202. The molecule has 0 saturated carbocycles. The number of aliphatic hydroxyl groups is 1. The third-order valence-corrected chi connectivity index (χ3v) is 5.62. The number of H-pyrrole nitrogens is 1. The first-order valence-electron chi connectivity index (χ1n) is 8.41. The molecule has 1 aromatic heterocycles. The largest absolute Gasteiger partial charge is 0.392 e. The summed E-state index contributed by atoms with van der Waals surface area (Å²) in [5.41, 5.74) is 5.42. The lowest BCUT2D eigenvalue weighted by Gasteiger charge is -2.42. The first kappa shape index (κ1) is 14.0. The van der Waals surface area contributed by atoms with Gasteiger partial charge in [-0.05, 0) is 55.9 Å². The molecule has 1 fully saturated rings. The summed E-state index contributed by atoms with van der Waals surface area (Å²) in [5.74, 6) is 0.522. The highest BCUT2D eigenvalue weighted by Gasteiger charge is 2.36. The first-order valence-corrected chi connectivity index (χ1v) is 8.41. The van der Waals surface area contributed by atoms with Crippen LogP contribution in [0.15, 0.2) is 35.9 Å². The SMILES string of the molecule is C/C=C(\CO)[C@@H]1CCN2CCc3c([nH]c4ccccc34)[C@@H]2C1. The summed E-state index contributed by atoms with van der Waals surface area (Å²) in [6.07, 6.45) is 5.55. The van der Waals surface area contributed by atoms with Crippen LogP contribution >= 0.6 is 0 Å². The van der Waals surface area contributed by atoms with E-state index in [2.05, 4.69) is 40.2 Å². The van der Waals surface area contributed by atoms with Gasteiger partial charge in [-0.15, -0.1) is 0 Å². The summed E-state index contributed by atoms with van der Waals surface area (Å²) in [5, 5.41) is 11.0. The van der Waals surface area contributed by atoms with Gasteiger partial charge in [0.15, 0.2) is 0 Å². The fraction of sp³-hybridized carbons (Fsp3) is 0.474. The van der Waals surface area contributed by atoms with E-state index in [1.165, 1.54) is 34.2 Å². The Morgan fingerprint density at radius 2 is 2.23 bits per heavy atom. The van der Waals surface area contributed by atoms with E-state index in [4.69, 9.17) is 0 Å². The molecule has 22 heavy (non-hydrogen) atoms. The van der Waals surface area contributed by atoms with Crippen molar-refractivity contribution in [3.8, 4) is 0 Å².